The van der Waals surface area contributed by atoms with E-state index in [9.17, 15) is 0 Å². The van der Waals surface area contributed by atoms with Crippen LogP contribution >= 0.6 is 11.8 Å². The molecular weight excluding hydrogens is 214 g/mol. The summed E-state index contributed by atoms with van der Waals surface area (Å²) in [5, 5.41) is 0.641. The van der Waals surface area contributed by atoms with Gasteiger partial charge in [0.1, 0.15) is 0 Å². The Morgan fingerprint density at radius 3 is 2.00 bits per heavy atom. The lowest BCUT2D eigenvalue weighted by molar-refractivity contribution is 1.26. The highest BCUT2D eigenvalue weighted by atomic mass is 32.2. The maximum atomic E-state index is 5.50. The summed E-state index contributed by atoms with van der Waals surface area (Å²) < 4.78 is 0. The van der Waals surface area contributed by atoms with Gasteiger partial charge in [-0.05, 0) is 25.5 Å². The SMILES string of the molecule is C=C(N)Sc1ccc(C)cc1C.CC.CC. The average molecular weight is 239 g/mol. The van der Waals surface area contributed by atoms with Crippen LogP contribution in [0.15, 0.2) is 34.7 Å². The maximum absolute atomic E-state index is 5.50. The Balaban J connectivity index is 0. The summed E-state index contributed by atoms with van der Waals surface area (Å²) in [6, 6.07) is 6.30. The zero-order chi connectivity index (χ0) is 13.1. The maximum Gasteiger partial charge on any atom is 0.0630 e. The van der Waals surface area contributed by atoms with E-state index < -0.39 is 0 Å². The molecule has 0 bridgehead atoms. The van der Waals surface area contributed by atoms with E-state index in [1.165, 1.54) is 27.8 Å². The summed E-state index contributed by atoms with van der Waals surface area (Å²) in [4.78, 5) is 1.19. The molecule has 2 heteroatoms. The Hall–Kier alpha value is -0.890. The summed E-state index contributed by atoms with van der Waals surface area (Å²) in [6.45, 7) is 15.8. The van der Waals surface area contributed by atoms with Crippen molar-refractivity contribution in [2.75, 3.05) is 0 Å². The van der Waals surface area contributed by atoms with Crippen molar-refractivity contribution in [3.63, 3.8) is 0 Å². The lowest BCUT2D eigenvalue weighted by Gasteiger charge is -2.04. The topological polar surface area (TPSA) is 26.0 Å². The minimum atomic E-state index is 0.641. The van der Waals surface area contributed by atoms with Crippen LogP contribution in [0.25, 0.3) is 0 Å². The van der Waals surface area contributed by atoms with Crippen LogP contribution in [-0.2, 0) is 0 Å². The van der Waals surface area contributed by atoms with E-state index in [4.69, 9.17) is 5.73 Å². The van der Waals surface area contributed by atoms with Crippen molar-refractivity contribution < 1.29 is 0 Å². The smallest absolute Gasteiger partial charge is 0.0630 e. The van der Waals surface area contributed by atoms with Gasteiger partial charge in [-0.1, -0.05) is 63.7 Å². The Bertz CT molecular complexity index is 306. The van der Waals surface area contributed by atoms with Gasteiger partial charge in [0, 0.05) is 4.90 Å². The molecular formula is C14H25NS. The number of rotatable bonds is 2. The number of hydrogen-bond acceptors (Lipinski definition) is 2. The molecule has 1 aromatic rings. The molecule has 0 saturated heterocycles. The lowest BCUT2D eigenvalue weighted by Crippen LogP contribution is -1.90. The van der Waals surface area contributed by atoms with Gasteiger partial charge in [-0.15, -0.1) is 0 Å². The summed E-state index contributed by atoms with van der Waals surface area (Å²) in [5.41, 5.74) is 8.03. The van der Waals surface area contributed by atoms with Crippen molar-refractivity contribution >= 4 is 11.8 Å². The van der Waals surface area contributed by atoms with Crippen LogP contribution in [0.4, 0.5) is 0 Å². The second-order valence-corrected chi connectivity index (χ2v) is 4.01. The number of thioether (sulfide) groups is 1. The first-order valence-corrected chi connectivity index (χ1v) is 6.61. The van der Waals surface area contributed by atoms with E-state index in [-0.39, 0.29) is 0 Å². The summed E-state index contributed by atoms with van der Waals surface area (Å²) in [6.07, 6.45) is 0. The van der Waals surface area contributed by atoms with Crippen molar-refractivity contribution in [2.45, 2.75) is 46.4 Å². The minimum absolute atomic E-state index is 0.641. The highest BCUT2D eigenvalue weighted by Gasteiger charge is 1.98. The zero-order valence-corrected chi connectivity index (χ0v) is 12.2. The van der Waals surface area contributed by atoms with Crippen LogP contribution in [0.3, 0.4) is 0 Å². The van der Waals surface area contributed by atoms with Gasteiger partial charge in [-0.3, -0.25) is 0 Å². The fourth-order valence-electron chi connectivity index (χ4n) is 1.06. The van der Waals surface area contributed by atoms with Crippen LogP contribution in [0.2, 0.25) is 0 Å². The summed E-state index contributed by atoms with van der Waals surface area (Å²) in [7, 11) is 0. The first kappa shape index (κ1) is 17.5. The molecule has 2 N–H and O–H groups in total. The number of benzene rings is 1. The van der Waals surface area contributed by atoms with Gasteiger partial charge in [0.2, 0.25) is 0 Å². The van der Waals surface area contributed by atoms with Gasteiger partial charge in [-0.2, -0.15) is 0 Å². The third kappa shape index (κ3) is 7.41. The number of hydrogen-bond donors (Lipinski definition) is 1. The van der Waals surface area contributed by atoms with Gasteiger partial charge in [0.05, 0.1) is 5.03 Å². The lowest BCUT2D eigenvalue weighted by atomic mass is 10.2. The third-order valence-electron chi connectivity index (χ3n) is 1.57. The molecule has 92 valence electrons. The summed E-state index contributed by atoms with van der Waals surface area (Å²) in [5.74, 6) is 0. The molecule has 0 aliphatic carbocycles. The highest BCUT2D eigenvalue weighted by Crippen LogP contribution is 2.25. The Morgan fingerprint density at radius 1 is 1.12 bits per heavy atom. The van der Waals surface area contributed by atoms with Gasteiger partial charge in [0.25, 0.3) is 0 Å². The van der Waals surface area contributed by atoms with E-state index in [0.717, 1.165) is 0 Å². The average Bonchev–Trinajstić information content (AvgIpc) is 2.28. The monoisotopic (exact) mass is 239 g/mol. The molecule has 0 aliphatic heterocycles. The van der Waals surface area contributed by atoms with Crippen molar-refractivity contribution in [2.24, 2.45) is 5.73 Å². The molecule has 0 spiro atoms. The molecule has 0 aliphatic rings. The molecule has 0 amide bonds. The Labute approximate surface area is 105 Å². The first-order chi connectivity index (χ1) is 7.59. The molecule has 0 atom stereocenters. The number of aryl methyl sites for hydroxylation is 2. The van der Waals surface area contributed by atoms with Crippen molar-refractivity contribution in [1.29, 1.82) is 0 Å². The van der Waals surface area contributed by atoms with E-state index in [1.54, 1.807) is 0 Å². The predicted octanol–water partition coefficient (Wildman–Crippen LogP) is 4.88. The molecule has 0 radical (unpaired) electrons. The number of nitrogens with two attached hydrogens (primary N) is 1. The molecule has 0 fully saturated rings. The highest BCUT2D eigenvalue weighted by molar-refractivity contribution is 8.03. The van der Waals surface area contributed by atoms with Crippen LogP contribution in [0, 0.1) is 13.8 Å². The molecule has 0 saturated carbocycles. The fourth-order valence-corrected chi connectivity index (χ4v) is 1.69. The van der Waals surface area contributed by atoms with Gasteiger partial charge < -0.3 is 5.73 Å². The fraction of sp³-hybridized carbons (Fsp3) is 0.429. The summed E-state index contributed by atoms with van der Waals surface area (Å²) >= 11 is 1.52. The van der Waals surface area contributed by atoms with Crippen LogP contribution in [-0.4, -0.2) is 0 Å². The van der Waals surface area contributed by atoms with Crippen LogP contribution < -0.4 is 5.73 Å². The molecule has 1 nitrogen and oxygen atoms in total. The standard InChI is InChI=1S/C10H13NS.2C2H6/c1-7-4-5-10(8(2)6-7)12-9(3)11;2*1-2/h4-6H,3,11H2,1-2H3;2*1-2H3. The minimum Gasteiger partial charge on any atom is -0.394 e. The van der Waals surface area contributed by atoms with Crippen molar-refractivity contribution in [1.82, 2.24) is 0 Å². The normalized spacial score (nSPS) is 8.12. The van der Waals surface area contributed by atoms with Crippen LogP contribution in [0.5, 0.6) is 0 Å². The second-order valence-electron chi connectivity index (χ2n) is 2.84. The molecule has 0 heterocycles. The van der Waals surface area contributed by atoms with Gasteiger partial charge in [0.15, 0.2) is 0 Å². The van der Waals surface area contributed by atoms with Crippen molar-refractivity contribution in [3.05, 3.63) is 40.9 Å². The molecule has 1 aromatic carbocycles. The van der Waals surface area contributed by atoms with E-state index in [2.05, 4.69) is 38.6 Å². The van der Waals surface area contributed by atoms with Crippen molar-refractivity contribution in [3.8, 4) is 0 Å². The molecule has 0 aromatic heterocycles. The Kier molecular flexibility index (Phi) is 11.6. The predicted molar refractivity (Wildman–Crippen MR) is 77.8 cm³/mol. The van der Waals surface area contributed by atoms with E-state index in [0.29, 0.717) is 5.03 Å². The Morgan fingerprint density at radius 2 is 1.62 bits per heavy atom. The molecule has 1 rings (SSSR count). The largest absolute Gasteiger partial charge is 0.394 e. The van der Waals surface area contributed by atoms with Gasteiger partial charge in [-0.25, -0.2) is 0 Å². The molecule has 0 unspecified atom stereocenters. The van der Waals surface area contributed by atoms with Gasteiger partial charge >= 0.3 is 0 Å². The third-order valence-corrected chi connectivity index (χ3v) is 2.51. The second kappa shape index (κ2) is 10.6. The van der Waals surface area contributed by atoms with E-state index >= 15 is 0 Å². The zero-order valence-electron chi connectivity index (χ0n) is 11.4. The van der Waals surface area contributed by atoms with Crippen LogP contribution in [0.1, 0.15) is 38.8 Å². The quantitative estimate of drug-likeness (QED) is 0.744. The molecule has 16 heavy (non-hydrogen) atoms. The van der Waals surface area contributed by atoms with E-state index in [1.807, 2.05) is 27.7 Å². The first-order valence-electron chi connectivity index (χ1n) is 5.79.